The Morgan fingerprint density at radius 3 is 2.31 bits per heavy atom. The van der Waals surface area contributed by atoms with Crippen LogP contribution in [0.15, 0.2) is 48.5 Å². The van der Waals surface area contributed by atoms with Crippen molar-refractivity contribution in [2.75, 3.05) is 6.67 Å². The van der Waals surface area contributed by atoms with Gasteiger partial charge in [0.05, 0.1) is 18.2 Å². The van der Waals surface area contributed by atoms with Gasteiger partial charge in [0.15, 0.2) is 0 Å². The molecule has 0 aliphatic rings. The van der Waals surface area contributed by atoms with Gasteiger partial charge in [-0.25, -0.2) is 0 Å². The molecule has 1 atom stereocenters. The second-order valence-corrected chi connectivity index (χ2v) is 7.69. The van der Waals surface area contributed by atoms with Crippen LogP contribution >= 0.6 is 0 Å². The number of benzene rings is 2. The summed E-state index contributed by atoms with van der Waals surface area (Å²) >= 11 is 0. The maximum Gasteiger partial charge on any atom is 0.228 e. The van der Waals surface area contributed by atoms with Gasteiger partial charge in [-0.2, -0.15) is 0 Å². The van der Waals surface area contributed by atoms with Crippen molar-refractivity contribution < 1.29 is 9.90 Å². The van der Waals surface area contributed by atoms with Crippen molar-refractivity contribution >= 4 is 5.91 Å². The quantitative estimate of drug-likeness (QED) is 0.663. The molecule has 2 aromatic rings. The lowest BCUT2D eigenvalue weighted by Gasteiger charge is -2.20. The van der Waals surface area contributed by atoms with E-state index in [1.807, 2.05) is 42.5 Å². The lowest BCUT2D eigenvalue weighted by atomic mass is 9.87. The second kappa shape index (κ2) is 8.47. The third-order valence-corrected chi connectivity index (χ3v) is 4.51. The number of amides is 1. The molecule has 1 unspecified atom stereocenters. The van der Waals surface area contributed by atoms with Crippen LogP contribution in [0.3, 0.4) is 0 Å². The zero-order valence-electron chi connectivity index (χ0n) is 16.1. The highest BCUT2D eigenvalue weighted by Gasteiger charge is 2.22. The third kappa shape index (κ3) is 5.16. The fraction of sp³-hybridized carbons (Fsp3) is 0.409. The first-order valence-corrected chi connectivity index (χ1v) is 9.13. The van der Waals surface area contributed by atoms with E-state index in [0.717, 1.165) is 28.7 Å². The van der Waals surface area contributed by atoms with Crippen molar-refractivity contribution in [1.82, 2.24) is 5.32 Å². The lowest BCUT2D eigenvalue weighted by Crippen LogP contribution is -2.34. The molecule has 0 aliphatic carbocycles. The molecule has 0 radical (unpaired) electrons. The number of carbonyl (C=O) groups is 1. The van der Waals surface area contributed by atoms with E-state index in [-0.39, 0.29) is 18.5 Å². The fourth-order valence-corrected chi connectivity index (χ4v) is 3.10. The van der Waals surface area contributed by atoms with Gasteiger partial charge in [0.2, 0.25) is 5.91 Å². The van der Waals surface area contributed by atoms with E-state index in [9.17, 15) is 9.90 Å². The molecular weight excluding hydrogens is 324 g/mol. The summed E-state index contributed by atoms with van der Waals surface area (Å²) in [6.45, 7) is 7.92. The van der Waals surface area contributed by atoms with Crippen LogP contribution in [0, 0.1) is 5.92 Å². The number of nitrogens with one attached hydrogen (secondary N) is 1. The van der Waals surface area contributed by atoms with Gasteiger partial charge in [0, 0.05) is 0 Å². The van der Waals surface area contributed by atoms with Crippen molar-refractivity contribution in [3.8, 4) is 11.1 Å². The molecule has 0 saturated heterocycles. The van der Waals surface area contributed by atoms with E-state index in [1.54, 1.807) is 13.8 Å². The Morgan fingerprint density at radius 2 is 1.77 bits per heavy atom. The van der Waals surface area contributed by atoms with Crippen molar-refractivity contribution in [2.24, 2.45) is 11.7 Å². The van der Waals surface area contributed by atoms with Gasteiger partial charge < -0.3 is 16.2 Å². The van der Waals surface area contributed by atoms with Gasteiger partial charge in [-0.15, -0.1) is 0 Å². The van der Waals surface area contributed by atoms with Crippen LogP contribution in [0.2, 0.25) is 0 Å². The number of nitrogens with two attached hydrogens (primary N) is 1. The van der Waals surface area contributed by atoms with E-state index in [0.29, 0.717) is 5.92 Å². The molecular formula is C22H30N2O2. The first-order valence-electron chi connectivity index (χ1n) is 9.13. The minimum atomic E-state index is -0.858. The molecule has 4 N–H and O–H groups in total. The molecule has 2 rings (SSSR count). The third-order valence-electron chi connectivity index (χ3n) is 4.51. The summed E-state index contributed by atoms with van der Waals surface area (Å²) in [4.78, 5) is 12.5. The number of hydrogen-bond acceptors (Lipinski definition) is 3. The van der Waals surface area contributed by atoms with Crippen LogP contribution in [0.1, 0.15) is 51.2 Å². The van der Waals surface area contributed by atoms with Crippen molar-refractivity contribution in [3.63, 3.8) is 0 Å². The summed E-state index contributed by atoms with van der Waals surface area (Å²) in [5.41, 5.74) is 8.62. The summed E-state index contributed by atoms with van der Waals surface area (Å²) < 4.78 is 0. The van der Waals surface area contributed by atoms with Gasteiger partial charge in [-0.05, 0) is 48.4 Å². The van der Waals surface area contributed by atoms with Crippen LogP contribution in [0.4, 0.5) is 0 Å². The van der Waals surface area contributed by atoms with Gasteiger partial charge >= 0.3 is 0 Å². The van der Waals surface area contributed by atoms with Gasteiger partial charge in [0.25, 0.3) is 0 Å². The molecule has 140 valence electrons. The highest BCUT2D eigenvalue weighted by atomic mass is 16.3. The van der Waals surface area contributed by atoms with E-state index in [2.05, 4.69) is 25.2 Å². The number of rotatable bonds is 7. The zero-order chi connectivity index (χ0) is 19.3. The first-order chi connectivity index (χ1) is 12.2. The van der Waals surface area contributed by atoms with Crippen molar-refractivity contribution in [2.45, 2.75) is 45.6 Å². The summed E-state index contributed by atoms with van der Waals surface area (Å²) in [6, 6.07) is 16.0. The predicted molar refractivity (Wildman–Crippen MR) is 107 cm³/mol. The Balaban J connectivity index is 2.34. The number of hydrogen-bond donors (Lipinski definition) is 3. The Bertz CT molecular complexity index is 731. The van der Waals surface area contributed by atoms with E-state index < -0.39 is 5.60 Å². The topological polar surface area (TPSA) is 75.4 Å². The molecule has 0 bridgehead atoms. The molecule has 1 amide bonds. The fourth-order valence-electron chi connectivity index (χ4n) is 3.10. The van der Waals surface area contributed by atoms with Crippen molar-refractivity contribution in [3.05, 3.63) is 59.7 Å². The average Bonchev–Trinajstić information content (AvgIpc) is 2.59. The van der Waals surface area contributed by atoms with Crippen molar-refractivity contribution in [1.29, 1.82) is 0 Å². The maximum absolute atomic E-state index is 12.5. The first kappa shape index (κ1) is 20.1. The van der Waals surface area contributed by atoms with E-state index >= 15 is 0 Å². The molecule has 26 heavy (non-hydrogen) atoms. The molecule has 0 spiro atoms. The van der Waals surface area contributed by atoms with Crippen LogP contribution in [0.25, 0.3) is 11.1 Å². The van der Waals surface area contributed by atoms with Crippen LogP contribution < -0.4 is 11.1 Å². The highest BCUT2D eigenvalue weighted by molar-refractivity contribution is 5.84. The minimum Gasteiger partial charge on any atom is -0.386 e. The number of aliphatic hydroxyl groups is 1. The Labute approximate surface area is 156 Å². The molecule has 0 aromatic heterocycles. The van der Waals surface area contributed by atoms with Gasteiger partial charge in [-0.3, -0.25) is 4.79 Å². The lowest BCUT2D eigenvalue weighted by molar-refractivity contribution is -0.122. The Morgan fingerprint density at radius 1 is 1.12 bits per heavy atom. The smallest absolute Gasteiger partial charge is 0.228 e. The van der Waals surface area contributed by atoms with Gasteiger partial charge in [-0.1, -0.05) is 62.4 Å². The molecule has 2 aromatic carbocycles. The normalized spacial score (nSPS) is 12.9. The van der Waals surface area contributed by atoms with E-state index in [1.165, 1.54) is 0 Å². The van der Waals surface area contributed by atoms with Gasteiger partial charge in [0.1, 0.15) is 0 Å². The number of carbonyl (C=O) groups excluding carboxylic acids is 1. The molecule has 0 saturated carbocycles. The summed E-state index contributed by atoms with van der Waals surface area (Å²) in [5.74, 6) is 0.156. The Hall–Kier alpha value is -2.17. The van der Waals surface area contributed by atoms with E-state index in [4.69, 9.17) is 5.73 Å². The summed E-state index contributed by atoms with van der Waals surface area (Å²) in [5, 5.41) is 12.9. The Kier molecular flexibility index (Phi) is 6.57. The van der Waals surface area contributed by atoms with Crippen LogP contribution in [-0.4, -0.2) is 17.7 Å². The molecule has 0 aliphatic heterocycles. The largest absolute Gasteiger partial charge is 0.386 e. The van der Waals surface area contributed by atoms with Crippen LogP contribution in [0.5, 0.6) is 0 Å². The summed E-state index contributed by atoms with van der Waals surface area (Å²) in [7, 11) is 0. The molecule has 4 nitrogen and oxygen atoms in total. The maximum atomic E-state index is 12.5. The zero-order valence-corrected chi connectivity index (χ0v) is 16.1. The molecule has 0 fully saturated rings. The standard InChI is InChI=1S/C22H30N2O2/c1-15(2)12-20(21(25)24-14-23)18-7-5-6-17(13-18)16-8-10-19(11-9-16)22(3,4)26/h5-11,13,15,20,26H,12,14,23H2,1-4H3,(H,24,25). The highest BCUT2D eigenvalue weighted by Crippen LogP contribution is 2.29. The summed E-state index contributed by atoms with van der Waals surface area (Å²) in [6.07, 6.45) is 0.771. The second-order valence-electron chi connectivity index (χ2n) is 7.69. The SMILES string of the molecule is CC(C)CC(C(=O)NCN)c1cccc(-c2ccc(C(C)(C)O)cc2)c1. The average molecular weight is 354 g/mol. The molecule has 4 heteroatoms. The van der Waals surface area contributed by atoms with Crippen LogP contribution in [-0.2, 0) is 10.4 Å². The minimum absolute atomic E-state index is 0.0317. The predicted octanol–water partition coefficient (Wildman–Crippen LogP) is 3.74. The molecule has 0 heterocycles. The monoisotopic (exact) mass is 354 g/mol.